The number of piperidine rings is 1. The zero-order chi connectivity index (χ0) is 24.6. The standard InChI is InChI=1S/C28H33ClN4OS/c1-3-20(2)30-27(34)24-11-9-23(10-12-24)19-35-28-31-25(29)18-26(32-28)33-15-13-22(14-16-33)17-21-7-5-4-6-8-21/h4-12,18,20,22H,3,13-17,19H2,1-2H3,(H,30,34)/t20-/m0/s1. The lowest BCUT2D eigenvalue weighted by atomic mass is 9.90. The number of hydrogen-bond acceptors (Lipinski definition) is 5. The quantitative estimate of drug-likeness (QED) is 0.205. The summed E-state index contributed by atoms with van der Waals surface area (Å²) in [5.41, 5.74) is 3.21. The Labute approximate surface area is 217 Å². The summed E-state index contributed by atoms with van der Waals surface area (Å²) in [6.45, 7) is 6.03. The van der Waals surface area contributed by atoms with E-state index in [1.165, 1.54) is 5.56 Å². The Morgan fingerprint density at radius 3 is 2.49 bits per heavy atom. The van der Waals surface area contributed by atoms with Gasteiger partial charge in [-0.2, -0.15) is 0 Å². The molecule has 1 aromatic heterocycles. The van der Waals surface area contributed by atoms with Gasteiger partial charge in [-0.3, -0.25) is 4.79 Å². The highest BCUT2D eigenvalue weighted by molar-refractivity contribution is 7.98. The number of amides is 1. The van der Waals surface area contributed by atoms with Crippen LogP contribution in [0.5, 0.6) is 0 Å². The number of aromatic nitrogens is 2. The molecule has 1 aliphatic heterocycles. The topological polar surface area (TPSA) is 58.1 Å². The van der Waals surface area contributed by atoms with Crippen molar-refractivity contribution in [3.05, 3.63) is 82.5 Å². The average molecular weight is 509 g/mol. The smallest absolute Gasteiger partial charge is 0.251 e. The summed E-state index contributed by atoms with van der Waals surface area (Å²) in [6, 6.07) is 20.5. The minimum Gasteiger partial charge on any atom is -0.356 e. The van der Waals surface area contributed by atoms with Gasteiger partial charge in [0.15, 0.2) is 5.16 Å². The maximum atomic E-state index is 12.3. The van der Waals surface area contributed by atoms with Gasteiger partial charge in [0.1, 0.15) is 11.0 Å². The lowest BCUT2D eigenvalue weighted by molar-refractivity contribution is 0.0939. The van der Waals surface area contributed by atoms with Crippen molar-refractivity contribution in [3.63, 3.8) is 0 Å². The van der Waals surface area contributed by atoms with Crippen molar-refractivity contribution >= 4 is 35.1 Å². The van der Waals surface area contributed by atoms with Gasteiger partial charge >= 0.3 is 0 Å². The predicted molar refractivity (Wildman–Crippen MR) is 145 cm³/mol. The molecule has 35 heavy (non-hydrogen) atoms. The second-order valence-corrected chi connectivity index (χ2v) is 10.5. The third-order valence-electron chi connectivity index (χ3n) is 6.54. The van der Waals surface area contributed by atoms with Crippen LogP contribution in [-0.2, 0) is 12.2 Å². The van der Waals surface area contributed by atoms with E-state index in [2.05, 4.69) is 52.5 Å². The monoisotopic (exact) mass is 508 g/mol. The fraction of sp³-hybridized carbons (Fsp3) is 0.393. The summed E-state index contributed by atoms with van der Waals surface area (Å²) < 4.78 is 0. The highest BCUT2D eigenvalue weighted by atomic mass is 35.5. The largest absolute Gasteiger partial charge is 0.356 e. The molecule has 1 saturated heterocycles. The first-order valence-corrected chi connectivity index (χ1v) is 13.7. The molecule has 1 fully saturated rings. The van der Waals surface area contributed by atoms with Gasteiger partial charge < -0.3 is 10.2 Å². The van der Waals surface area contributed by atoms with Crippen LogP contribution in [0, 0.1) is 5.92 Å². The molecule has 2 heterocycles. The summed E-state index contributed by atoms with van der Waals surface area (Å²) >= 11 is 7.92. The molecule has 1 atom stereocenters. The molecule has 1 aliphatic rings. The number of carbonyl (C=O) groups excluding carboxylic acids is 1. The lowest BCUT2D eigenvalue weighted by Crippen LogP contribution is -2.35. The highest BCUT2D eigenvalue weighted by Crippen LogP contribution is 2.28. The van der Waals surface area contributed by atoms with Crippen molar-refractivity contribution in [3.8, 4) is 0 Å². The van der Waals surface area contributed by atoms with Crippen LogP contribution in [0.2, 0.25) is 5.15 Å². The molecule has 0 spiro atoms. The van der Waals surface area contributed by atoms with Gasteiger partial charge in [-0.15, -0.1) is 0 Å². The number of halogens is 1. The van der Waals surface area contributed by atoms with Crippen LogP contribution in [-0.4, -0.2) is 35.0 Å². The molecule has 3 aromatic rings. The number of hydrogen-bond donors (Lipinski definition) is 1. The Hall–Kier alpha value is -2.57. The van der Waals surface area contributed by atoms with Crippen LogP contribution < -0.4 is 10.2 Å². The molecule has 1 amide bonds. The Balaban J connectivity index is 1.31. The van der Waals surface area contributed by atoms with Crippen molar-refractivity contribution in [2.45, 2.75) is 56.5 Å². The number of anilines is 1. The van der Waals surface area contributed by atoms with E-state index in [9.17, 15) is 4.79 Å². The molecule has 0 unspecified atom stereocenters. The number of nitrogens with zero attached hydrogens (tertiary/aromatic N) is 3. The van der Waals surface area contributed by atoms with Crippen LogP contribution in [0.1, 0.15) is 54.6 Å². The van der Waals surface area contributed by atoms with E-state index in [0.29, 0.717) is 27.5 Å². The number of rotatable bonds is 9. The molecule has 4 rings (SSSR count). The molecule has 0 saturated carbocycles. The summed E-state index contributed by atoms with van der Waals surface area (Å²) in [6.07, 6.45) is 4.35. The predicted octanol–water partition coefficient (Wildman–Crippen LogP) is 6.41. The third kappa shape index (κ3) is 7.45. The SMILES string of the molecule is CC[C@H](C)NC(=O)c1ccc(CSc2nc(Cl)cc(N3CCC(Cc4ccccc4)CC3)n2)cc1. The summed E-state index contributed by atoms with van der Waals surface area (Å²) in [4.78, 5) is 23.8. The van der Waals surface area contributed by atoms with E-state index in [0.717, 1.165) is 50.2 Å². The average Bonchev–Trinajstić information content (AvgIpc) is 2.88. The fourth-order valence-corrected chi connectivity index (χ4v) is 5.27. The van der Waals surface area contributed by atoms with Crippen LogP contribution >= 0.6 is 23.4 Å². The maximum Gasteiger partial charge on any atom is 0.251 e. The first kappa shape index (κ1) is 25.5. The molecule has 0 radical (unpaired) electrons. The molecular formula is C28H33ClN4OS. The second kappa shape index (κ2) is 12.4. The molecule has 2 aromatic carbocycles. The zero-order valence-corrected chi connectivity index (χ0v) is 22.0. The molecule has 7 heteroatoms. The minimum absolute atomic E-state index is 0.0334. The van der Waals surface area contributed by atoms with Gasteiger partial charge in [0.2, 0.25) is 0 Å². The number of nitrogens with one attached hydrogen (secondary N) is 1. The van der Waals surface area contributed by atoms with Gasteiger partial charge in [-0.25, -0.2) is 9.97 Å². The first-order chi connectivity index (χ1) is 17.0. The Kier molecular flexibility index (Phi) is 9.05. The van der Waals surface area contributed by atoms with Crippen molar-refractivity contribution in [1.29, 1.82) is 0 Å². The summed E-state index contributed by atoms with van der Waals surface area (Å²) in [7, 11) is 0. The van der Waals surface area contributed by atoms with Crippen LogP contribution in [0.4, 0.5) is 5.82 Å². The maximum absolute atomic E-state index is 12.3. The molecule has 184 valence electrons. The second-order valence-electron chi connectivity index (χ2n) is 9.22. The van der Waals surface area contributed by atoms with Gasteiger partial charge in [0.05, 0.1) is 0 Å². The van der Waals surface area contributed by atoms with Crippen LogP contribution in [0.25, 0.3) is 0 Å². The highest BCUT2D eigenvalue weighted by Gasteiger charge is 2.21. The minimum atomic E-state index is -0.0334. The zero-order valence-electron chi connectivity index (χ0n) is 20.4. The van der Waals surface area contributed by atoms with Gasteiger partial charge in [0, 0.05) is 36.5 Å². The van der Waals surface area contributed by atoms with E-state index in [-0.39, 0.29) is 11.9 Å². The summed E-state index contributed by atoms with van der Waals surface area (Å²) in [5.74, 6) is 2.29. The van der Waals surface area contributed by atoms with Crippen molar-refractivity contribution in [2.75, 3.05) is 18.0 Å². The van der Waals surface area contributed by atoms with Crippen molar-refractivity contribution in [1.82, 2.24) is 15.3 Å². The first-order valence-electron chi connectivity index (χ1n) is 12.4. The molecule has 0 aliphatic carbocycles. The Bertz CT molecular complexity index is 1100. The molecule has 5 nitrogen and oxygen atoms in total. The number of thioether (sulfide) groups is 1. The van der Waals surface area contributed by atoms with Crippen molar-refractivity contribution in [2.24, 2.45) is 5.92 Å². The van der Waals surface area contributed by atoms with E-state index in [4.69, 9.17) is 16.6 Å². The lowest BCUT2D eigenvalue weighted by Gasteiger charge is -2.33. The normalized spacial score (nSPS) is 15.1. The Morgan fingerprint density at radius 2 is 1.80 bits per heavy atom. The molecule has 0 bridgehead atoms. The molecular weight excluding hydrogens is 476 g/mol. The summed E-state index contributed by atoms with van der Waals surface area (Å²) in [5, 5.41) is 4.15. The van der Waals surface area contributed by atoms with E-state index >= 15 is 0 Å². The van der Waals surface area contributed by atoms with Crippen LogP contribution in [0.15, 0.2) is 65.8 Å². The van der Waals surface area contributed by atoms with Gasteiger partial charge in [0.25, 0.3) is 5.91 Å². The van der Waals surface area contributed by atoms with Crippen molar-refractivity contribution < 1.29 is 4.79 Å². The van der Waals surface area contributed by atoms with E-state index in [1.54, 1.807) is 11.8 Å². The molecule has 1 N–H and O–H groups in total. The third-order valence-corrected chi connectivity index (χ3v) is 7.65. The number of carbonyl (C=O) groups is 1. The Morgan fingerprint density at radius 1 is 1.09 bits per heavy atom. The van der Waals surface area contributed by atoms with E-state index < -0.39 is 0 Å². The van der Waals surface area contributed by atoms with E-state index in [1.807, 2.05) is 37.3 Å². The van der Waals surface area contributed by atoms with Gasteiger partial charge in [-0.1, -0.05) is 72.8 Å². The number of benzene rings is 2. The fourth-order valence-electron chi connectivity index (χ4n) is 4.24. The van der Waals surface area contributed by atoms with Gasteiger partial charge in [-0.05, 0) is 61.8 Å². The van der Waals surface area contributed by atoms with Crippen LogP contribution in [0.3, 0.4) is 0 Å².